The Kier molecular flexibility index (Phi) is 6.51. The van der Waals surface area contributed by atoms with Crippen molar-refractivity contribution in [2.45, 2.75) is 50.7 Å². The SMILES string of the molecule is Nc1nc(Cc2ccn([C@@H]3CCOC3)c2)nc(-c2cccc(N3CCc4cc(C5CC5)cc(F)c4C3=O)c2CO)n1. The summed E-state index contributed by atoms with van der Waals surface area (Å²) in [5.41, 5.74) is 10.5. The van der Waals surface area contributed by atoms with E-state index in [1.165, 1.54) is 11.0 Å². The van der Waals surface area contributed by atoms with Gasteiger partial charge in [0.2, 0.25) is 5.95 Å². The number of aliphatic hydroxyl groups is 1. The molecule has 210 valence electrons. The minimum absolute atomic E-state index is 0.0689. The van der Waals surface area contributed by atoms with E-state index in [1.54, 1.807) is 18.2 Å². The maximum Gasteiger partial charge on any atom is 0.261 e. The van der Waals surface area contributed by atoms with Gasteiger partial charge in [0.25, 0.3) is 5.91 Å². The number of hydrogen-bond donors (Lipinski definition) is 2. The fourth-order valence-corrected chi connectivity index (χ4v) is 6.05. The number of rotatable bonds is 7. The van der Waals surface area contributed by atoms with Crippen LogP contribution in [0.3, 0.4) is 0 Å². The van der Waals surface area contributed by atoms with Crippen LogP contribution in [0.25, 0.3) is 11.4 Å². The molecule has 7 rings (SSSR count). The number of benzene rings is 2. The van der Waals surface area contributed by atoms with Crippen molar-refractivity contribution < 1.29 is 19.0 Å². The van der Waals surface area contributed by atoms with Gasteiger partial charge in [0, 0.05) is 43.1 Å². The van der Waals surface area contributed by atoms with Crippen molar-refractivity contribution in [2.24, 2.45) is 0 Å². The molecular weight excluding hydrogens is 523 g/mol. The Labute approximate surface area is 236 Å². The van der Waals surface area contributed by atoms with Crippen LogP contribution in [0.15, 0.2) is 48.8 Å². The molecule has 2 aromatic carbocycles. The molecule has 0 bridgehead atoms. The zero-order chi connectivity index (χ0) is 28.1. The number of carbonyl (C=O) groups is 1. The van der Waals surface area contributed by atoms with E-state index in [-0.39, 0.29) is 18.1 Å². The van der Waals surface area contributed by atoms with E-state index in [1.807, 2.05) is 18.3 Å². The first-order chi connectivity index (χ1) is 20.0. The minimum Gasteiger partial charge on any atom is -0.392 e. The van der Waals surface area contributed by atoms with Gasteiger partial charge in [-0.2, -0.15) is 9.97 Å². The van der Waals surface area contributed by atoms with E-state index in [2.05, 4.69) is 20.7 Å². The molecule has 1 amide bonds. The van der Waals surface area contributed by atoms with Crippen LogP contribution in [0, 0.1) is 5.82 Å². The van der Waals surface area contributed by atoms with Gasteiger partial charge in [-0.25, -0.2) is 9.37 Å². The van der Waals surface area contributed by atoms with E-state index in [4.69, 9.17) is 15.5 Å². The molecule has 2 aromatic heterocycles. The highest BCUT2D eigenvalue weighted by Gasteiger charge is 2.33. The number of anilines is 2. The Hall–Kier alpha value is -4.15. The molecule has 1 atom stereocenters. The zero-order valence-electron chi connectivity index (χ0n) is 22.6. The molecule has 0 radical (unpaired) electrons. The maximum absolute atomic E-state index is 15.2. The third-order valence-corrected chi connectivity index (χ3v) is 8.31. The van der Waals surface area contributed by atoms with E-state index in [9.17, 15) is 9.90 Å². The molecule has 4 heterocycles. The number of hydrogen-bond acceptors (Lipinski definition) is 7. The molecule has 1 saturated carbocycles. The number of fused-ring (bicyclic) bond motifs is 1. The van der Waals surface area contributed by atoms with Crippen LogP contribution >= 0.6 is 0 Å². The molecule has 4 aromatic rings. The summed E-state index contributed by atoms with van der Waals surface area (Å²) < 4.78 is 22.9. The highest BCUT2D eigenvalue weighted by molar-refractivity contribution is 6.09. The van der Waals surface area contributed by atoms with E-state index in [0.29, 0.717) is 66.4 Å². The summed E-state index contributed by atoms with van der Waals surface area (Å²) in [6.07, 6.45) is 8.22. The lowest BCUT2D eigenvalue weighted by Crippen LogP contribution is -2.39. The average molecular weight is 555 g/mol. The molecule has 0 spiro atoms. The van der Waals surface area contributed by atoms with Crippen molar-refractivity contribution in [2.75, 3.05) is 30.4 Å². The second-order valence-electron chi connectivity index (χ2n) is 11.1. The van der Waals surface area contributed by atoms with Crippen LogP contribution in [-0.2, 0) is 24.2 Å². The summed E-state index contributed by atoms with van der Waals surface area (Å²) in [5, 5.41) is 10.5. The summed E-state index contributed by atoms with van der Waals surface area (Å²) in [6, 6.07) is 11.2. The van der Waals surface area contributed by atoms with Crippen molar-refractivity contribution in [3.05, 3.63) is 88.3 Å². The minimum atomic E-state index is -0.482. The third-order valence-electron chi connectivity index (χ3n) is 8.31. The van der Waals surface area contributed by atoms with Crippen LogP contribution in [-0.4, -0.2) is 50.3 Å². The predicted molar refractivity (Wildman–Crippen MR) is 151 cm³/mol. The summed E-state index contributed by atoms with van der Waals surface area (Å²) >= 11 is 0. The van der Waals surface area contributed by atoms with Crippen molar-refractivity contribution in [3.8, 4) is 11.4 Å². The maximum atomic E-state index is 15.2. The smallest absolute Gasteiger partial charge is 0.261 e. The van der Waals surface area contributed by atoms with Crippen LogP contribution in [0.1, 0.15) is 69.7 Å². The second kappa shape index (κ2) is 10.4. The third kappa shape index (κ3) is 4.87. The summed E-state index contributed by atoms with van der Waals surface area (Å²) in [6.45, 7) is 1.49. The second-order valence-corrected chi connectivity index (χ2v) is 11.1. The predicted octanol–water partition coefficient (Wildman–Crippen LogP) is 4.19. The van der Waals surface area contributed by atoms with Crippen LogP contribution < -0.4 is 10.6 Å². The Balaban J connectivity index is 1.19. The van der Waals surface area contributed by atoms with Crippen molar-refractivity contribution in [3.63, 3.8) is 0 Å². The molecule has 9 nitrogen and oxygen atoms in total. The summed E-state index contributed by atoms with van der Waals surface area (Å²) in [5.74, 6) is 0.390. The highest BCUT2D eigenvalue weighted by atomic mass is 19.1. The number of carbonyl (C=O) groups excluding carboxylic acids is 1. The van der Waals surface area contributed by atoms with Gasteiger partial charge in [-0.1, -0.05) is 18.2 Å². The first kappa shape index (κ1) is 25.8. The number of nitrogens with two attached hydrogens (primary N) is 1. The number of ether oxygens (including phenoxy) is 1. The highest BCUT2D eigenvalue weighted by Crippen LogP contribution is 2.42. The molecule has 41 heavy (non-hydrogen) atoms. The Morgan fingerprint density at radius 2 is 2.00 bits per heavy atom. The van der Waals surface area contributed by atoms with Gasteiger partial charge >= 0.3 is 0 Å². The number of nitrogen functional groups attached to an aromatic ring is 1. The van der Waals surface area contributed by atoms with Crippen LogP contribution in [0.5, 0.6) is 0 Å². The lowest BCUT2D eigenvalue weighted by Gasteiger charge is -2.31. The summed E-state index contributed by atoms with van der Waals surface area (Å²) in [7, 11) is 0. The molecule has 1 saturated heterocycles. The van der Waals surface area contributed by atoms with E-state index in [0.717, 1.165) is 42.6 Å². The van der Waals surface area contributed by atoms with Crippen LogP contribution in [0.4, 0.5) is 16.0 Å². The van der Waals surface area contributed by atoms with Crippen molar-refractivity contribution >= 4 is 17.5 Å². The molecular formula is C31H31FN6O3. The molecule has 1 aliphatic carbocycles. The first-order valence-electron chi connectivity index (χ1n) is 14.1. The van der Waals surface area contributed by atoms with E-state index < -0.39 is 11.7 Å². The first-order valence-corrected chi connectivity index (χ1v) is 14.1. The number of aromatic nitrogens is 4. The van der Waals surface area contributed by atoms with Crippen molar-refractivity contribution in [1.82, 2.24) is 19.5 Å². The number of nitrogens with zero attached hydrogens (tertiary/aromatic N) is 5. The van der Waals surface area contributed by atoms with Gasteiger partial charge in [0.1, 0.15) is 11.6 Å². The van der Waals surface area contributed by atoms with Gasteiger partial charge in [-0.05, 0) is 66.5 Å². The van der Waals surface area contributed by atoms with Gasteiger partial charge in [0.05, 0.1) is 30.5 Å². The number of aliphatic hydroxyl groups excluding tert-OH is 1. The summed E-state index contributed by atoms with van der Waals surface area (Å²) in [4.78, 5) is 28.5. The topological polar surface area (TPSA) is 119 Å². The standard InChI is InChI=1S/C31H31FN6O3/c32-25-14-21(19-4-5-19)13-20-7-10-38(30(40)28(20)25)26-3-1-2-23(24(26)16-39)29-34-27(35-31(33)36-29)12-18-6-9-37(15-18)22-8-11-41-17-22/h1-3,6,9,13-15,19,22,39H,4-5,7-8,10-12,16-17H2,(H2,33,34,35,36)/t22-/m1/s1. The lowest BCUT2D eigenvalue weighted by atomic mass is 9.93. The van der Waals surface area contributed by atoms with E-state index >= 15 is 4.39 Å². The molecule has 2 aliphatic heterocycles. The largest absolute Gasteiger partial charge is 0.392 e. The van der Waals surface area contributed by atoms with Gasteiger partial charge in [0.15, 0.2) is 5.82 Å². The van der Waals surface area contributed by atoms with Crippen molar-refractivity contribution in [1.29, 1.82) is 0 Å². The quantitative estimate of drug-likeness (QED) is 0.352. The van der Waals surface area contributed by atoms with Gasteiger partial charge in [-0.3, -0.25) is 4.79 Å². The molecule has 0 unspecified atom stereocenters. The Morgan fingerprint density at radius 1 is 1.12 bits per heavy atom. The molecule has 10 heteroatoms. The lowest BCUT2D eigenvalue weighted by molar-refractivity contribution is 0.0976. The molecule has 3 N–H and O–H groups in total. The Bertz CT molecular complexity index is 1640. The fourth-order valence-electron chi connectivity index (χ4n) is 6.05. The average Bonchev–Trinajstić information content (AvgIpc) is 3.47. The van der Waals surface area contributed by atoms with Gasteiger partial charge < -0.3 is 25.0 Å². The number of halogens is 1. The zero-order valence-corrected chi connectivity index (χ0v) is 22.6. The molecule has 2 fully saturated rings. The van der Waals surface area contributed by atoms with Crippen LogP contribution in [0.2, 0.25) is 0 Å². The Morgan fingerprint density at radius 3 is 2.78 bits per heavy atom. The molecule has 3 aliphatic rings. The monoisotopic (exact) mass is 554 g/mol. The number of amides is 1. The van der Waals surface area contributed by atoms with Gasteiger partial charge in [-0.15, -0.1) is 0 Å². The normalized spacial score (nSPS) is 18.6. The fraction of sp³-hybridized carbons (Fsp3) is 0.355.